The Kier molecular flexibility index (Phi) is 10.8. The van der Waals surface area contributed by atoms with Crippen molar-refractivity contribution >= 4 is 8.80 Å². The van der Waals surface area contributed by atoms with Gasteiger partial charge in [-0.25, -0.2) is 0 Å². The van der Waals surface area contributed by atoms with Gasteiger partial charge in [-0.3, -0.25) is 0 Å². The van der Waals surface area contributed by atoms with E-state index < -0.39 is 8.80 Å². The van der Waals surface area contributed by atoms with Crippen LogP contribution in [0.4, 0.5) is 0 Å². The van der Waals surface area contributed by atoms with Gasteiger partial charge in [-0.05, 0) is 13.0 Å². The Morgan fingerprint density at radius 2 is 1.50 bits per heavy atom. The van der Waals surface area contributed by atoms with Gasteiger partial charge in [0.25, 0.3) is 0 Å². The zero-order valence-corrected chi connectivity index (χ0v) is 12.6. The third-order valence-corrected chi connectivity index (χ3v) is 5.41. The molecule has 0 heterocycles. The zero-order valence-electron chi connectivity index (χ0n) is 11.6. The molecule has 110 valence electrons. The van der Waals surface area contributed by atoms with Crippen LogP contribution in [0.3, 0.4) is 0 Å². The lowest BCUT2D eigenvalue weighted by atomic mass is 10.3. The minimum Gasteiger partial charge on any atom is -0.394 e. The smallest absolute Gasteiger partial charge is 0.394 e. The Bertz CT molecular complexity index is 186. The standard InChI is InChI=1S/C11H27NO5Si/c1-11(2)10-18(16-8-5-13,17-9-6-14)15-7-4-12-3/h11-14H,4-10H2,1-3H3. The van der Waals surface area contributed by atoms with Crippen molar-refractivity contribution in [1.82, 2.24) is 5.32 Å². The lowest BCUT2D eigenvalue weighted by Crippen LogP contribution is -2.49. The molecule has 0 bridgehead atoms. The number of hydrogen-bond acceptors (Lipinski definition) is 6. The summed E-state index contributed by atoms with van der Waals surface area (Å²) < 4.78 is 17.1. The topological polar surface area (TPSA) is 80.2 Å². The summed E-state index contributed by atoms with van der Waals surface area (Å²) in [6, 6.07) is 0.677. The molecular weight excluding hydrogens is 254 g/mol. The summed E-state index contributed by atoms with van der Waals surface area (Å²) in [6.45, 7) is 5.59. The van der Waals surface area contributed by atoms with Crippen LogP contribution in [-0.4, -0.2) is 65.6 Å². The third-order valence-electron chi connectivity index (χ3n) is 2.16. The van der Waals surface area contributed by atoms with Gasteiger partial charge >= 0.3 is 8.80 Å². The highest BCUT2D eigenvalue weighted by molar-refractivity contribution is 6.60. The van der Waals surface area contributed by atoms with E-state index in [4.69, 9.17) is 23.5 Å². The molecule has 0 aromatic heterocycles. The lowest BCUT2D eigenvalue weighted by molar-refractivity contribution is 0.0351. The molecule has 0 aromatic rings. The molecule has 3 N–H and O–H groups in total. The van der Waals surface area contributed by atoms with Crippen LogP contribution in [0.1, 0.15) is 13.8 Å². The first-order valence-corrected chi connectivity index (χ1v) is 8.31. The average molecular weight is 281 g/mol. The van der Waals surface area contributed by atoms with Gasteiger partial charge in [0.1, 0.15) is 0 Å². The Morgan fingerprint density at radius 3 is 1.89 bits per heavy atom. The maximum Gasteiger partial charge on any atom is 0.501 e. The lowest BCUT2D eigenvalue weighted by Gasteiger charge is -2.30. The van der Waals surface area contributed by atoms with Crippen LogP contribution in [0, 0.1) is 5.92 Å². The molecule has 6 nitrogen and oxygen atoms in total. The molecule has 0 spiro atoms. The molecule has 0 fully saturated rings. The molecule has 0 saturated heterocycles. The second kappa shape index (κ2) is 10.9. The molecule has 0 aliphatic carbocycles. The van der Waals surface area contributed by atoms with Crippen LogP contribution in [0.2, 0.25) is 6.04 Å². The van der Waals surface area contributed by atoms with E-state index in [0.717, 1.165) is 0 Å². The van der Waals surface area contributed by atoms with Crippen molar-refractivity contribution in [3.63, 3.8) is 0 Å². The molecule has 0 saturated carbocycles. The van der Waals surface area contributed by atoms with E-state index in [1.54, 1.807) is 0 Å². The monoisotopic (exact) mass is 281 g/mol. The van der Waals surface area contributed by atoms with Crippen LogP contribution >= 0.6 is 0 Å². The molecule has 0 rings (SSSR count). The highest BCUT2D eigenvalue weighted by Crippen LogP contribution is 2.21. The summed E-state index contributed by atoms with van der Waals surface area (Å²) in [5, 5.41) is 20.8. The van der Waals surface area contributed by atoms with Gasteiger partial charge in [-0.2, -0.15) is 0 Å². The maximum atomic E-state index is 8.89. The van der Waals surface area contributed by atoms with Crippen molar-refractivity contribution < 1.29 is 23.5 Å². The van der Waals surface area contributed by atoms with E-state index in [2.05, 4.69) is 19.2 Å². The molecule has 0 aliphatic rings. The predicted molar refractivity (Wildman–Crippen MR) is 71.4 cm³/mol. The highest BCUT2D eigenvalue weighted by atomic mass is 28.4. The average Bonchev–Trinajstić information content (AvgIpc) is 2.33. The highest BCUT2D eigenvalue weighted by Gasteiger charge is 2.41. The summed E-state index contributed by atoms with van der Waals surface area (Å²) >= 11 is 0. The summed E-state index contributed by atoms with van der Waals surface area (Å²) in [7, 11) is -0.952. The van der Waals surface area contributed by atoms with Crippen LogP contribution in [0.15, 0.2) is 0 Å². The van der Waals surface area contributed by atoms with E-state index in [9.17, 15) is 0 Å². The number of likely N-dealkylation sites (N-methyl/N-ethyl adjacent to an activating group) is 1. The van der Waals surface area contributed by atoms with Gasteiger partial charge < -0.3 is 28.8 Å². The first-order valence-electron chi connectivity index (χ1n) is 6.38. The fourth-order valence-corrected chi connectivity index (χ4v) is 4.33. The van der Waals surface area contributed by atoms with Crippen LogP contribution in [0.25, 0.3) is 0 Å². The SMILES string of the molecule is CNCCO[Si](CC(C)C)(OCCO)OCCO. The summed E-state index contributed by atoms with van der Waals surface area (Å²) in [4.78, 5) is 0. The Morgan fingerprint density at radius 1 is 1.00 bits per heavy atom. The summed E-state index contributed by atoms with van der Waals surface area (Å²) in [6.07, 6.45) is 0. The van der Waals surface area contributed by atoms with E-state index in [1.165, 1.54) is 0 Å². The molecule has 0 unspecified atom stereocenters. The van der Waals surface area contributed by atoms with Gasteiger partial charge in [0.05, 0.1) is 33.0 Å². The predicted octanol–water partition coefficient (Wildman–Crippen LogP) is -0.165. The molecule has 0 amide bonds. The van der Waals surface area contributed by atoms with Gasteiger partial charge in [0.2, 0.25) is 0 Å². The van der Waals surface area contributed by atoms with Gasteiger partial charge in [-0.1, -0.05) is 13.8 Å². The minimum absolute atomic E-state index is 0.0648. The van der Waals surface area contributed by atoms with Crippen molar-refractivity contribution in [1.29, 1.82) is 0 Å². The maximum absolute atomic E-state index is 8.89. The molecule has 0 aliphatic heterocycles. The third kappa shape index (κ3) is 8.14. The first-order chi connectivity index (χ1) is 8.60. The van der Waals surface area contributed by atoms with Crippen molar-refractivity contribution in [3.05, 3.63) is 0 Å². The number of nitrogens with one attached hydrogen (secondary N) is 1. The quantitative estimate of drug-likeness (QED) is 0.341. The van der Waals surface area contributed by atoms with Crippen molar-refractivity contribution in [2.45, 2.75) is 19.9 Å². The zero-order chi connectivity index (χ0) is 13.9. The Labute approximate surface area is 111 Å². The van der Waals surface area contributed by atoms with Gasteiger partial charge in [-0.15, -0.1) is 0 Å². The summed E-state index contributed by atoms with van der Waals surface area (Å²) in [5.74, 6) is 0.364. The van der Waals surface area contributed by atoms with Crippen molar-refractivity contribution in [2.75, 3.05) is 46.6 Å². The van der Waals surface area contributed by atoms with E-state index in [1.807, 2.05) is 7.05 Å². The summed E-state index contributed by atoms with van der Waals surface area (Å²) in [5.41, 5.74) is 0. The number of aliphatic hydroxyl groups excluding tert-OH is 2. The normalized spacial score (nSPS) is 12.3. The molecule has 0 radical (unpaired) electrons. The van der Waals surface area contributed by atoms with Gasteiger partial charge in [0, 0.05) is 12.6 Å². The molecule has 0 atom stereocenters. The first kappa shape index (κ1) is 18.0. The number of aliphatic hydroxyl groups is 2. The Hall–Kier alpha value is -0.0231. The minimum atomic E-state index is -2.80. The fraction of sp³-hybridized carbons (Fsp3) is 1.00. The van der Waals surface area contributed by atoms with Crippen LogP contribution in [-0.2, 0) is 13.3 Å². The van der Waals surface area contributed by atoms with Crippen molar-refractivity contribution in [3.8, 4) is 0 Å². The number of rotatable bonds is 12. The second-order valence-corrected chi connectivity index (χ2v) is 7.02. The van der Waals surface area contributed by atoms with E-state index in [-0.39, 0.29) is 26.4 Å². The number of hydrogen-bond donors (Lipinski definition) is 3. The van der Waals surface area contributed by atoms with Crippen LogP contribution < -0.4 is 5.32 Å². The van der Waals surface area contributed by atoms with Crippen LogP contribution in [0.5, 0.6) is 0 Å². The Balaban J connectivity index is 4.51. The molecule has 7 heteroatoms. The van der Waals surface area contributed by atoms with E-state index in [0.29, 0.717) is 25.1 Å². The van der Waals surface area contributed by atoms with Gasteiger partial charge in [0.15, 0.2) is 0 Å². The van der Waals surface area contributed by atoms with E-state index >= 15 is 0 Å². The second-order valence-electron chi connectivity index (χ2n) is 4.38. The largest absolute Gasteiger partial charge is 0.501 e. The molecular formula is C11H27NO5Si. The van der Waals surface area contributed by atoms with Crippen molar-refractivity contribution in [2.24, 2.45) is 5.92 Å². The molecule has 18 heavy (non-hydrogen) atoms. The molecule has 0 aromatic carbocycles. The fourth-order valence-electron chi connectivity index (χ4n) is 1.51.